The molecule has 0 spiro atoms. The minimum absolute atomic E-state index is 0.0386. The Hall–Kier alpha value is -3.14. The van der Waals surface area contributed by atoms with Gasteiger partial charge in [0.1, 0.15) is 11.2 Å². The largest absolute Gasteiger partial charge is 0.493 e. The second-order valence-corrected chi connectivity index (χ2v) is 6.23. The smallest absolute Gasteiger partial charge is 0.387 e. The third-order valence-electron chi connectivity index (χ3n) is 4.78. The summed E-state index contributed by atoms with van der Waals surface area (Å²) >= 11 is 0. The zero-order valence-electron chi connectivity index (χ0n) is 13.9. The number of nitrogens with one attached hydrogen (secondary N) is 1. The summed E-state index contributed by atoms with van der Waals surface area (Å²) in [6, 6.07) is 14.8. The second-order valence-electron chi connectivity index (χ2n) is 6.23. The van der Waals surface area contributed by atoms with Crippen LogP contribution in [0.1, 0.15) is 23.7 Å². The lowest BCUT2D eigenvalue weighted by Crippen LogP contribution is -2.09. The summed E-state index contributed by atoms with van der Waals surface area (Å²) in [5.74, 6) is 0.627. The highest BCUT2D eigenvalue weighted by atomic mass is 19.3. The highest BCUT2D eigenvalue weighted by molar-refractivity contribution is 5.75. The molecule has 2 atom stereocenters. The maximum atomic E-state index is 12.6. The summed E-state index contributed by atoms with van der Waals surface area (Å²) < 4.78 is 34.9. The van der Waals surface area contributed by atoms with Gasteiger partial charge < -0.3 is 14.5 Å². The van der Waals surface area contributed by atoms with Crippen molar-refractivity contribution in [1.82, 2.24) is 9.97 Å². The summed E-state index contributed by atoms with van der Waals surface area (Å²) in [6.07, 6.45) is 0.559. The number of rotatable bonds is 5. The zero-order chi connectivity index (χ0) is 18.3. The van der Waals surface area contributed by atoms with Crippen LogP contribution in [-0.2, 0) is 5.41 Å². The number of benzene rings is 2. The molecule has 1 aliphatic rings. The fourth-order valence-corrected chi connectivity index (χ4v) is 3.37. The third kappa shape index (κ3) is 2.54. The van der Waals surface area contributed by atoms with E-state index in [1.54, 1.807) is 12.1 Å². The minimum atomic E-state index is -2.95. The van der Waals surface area contributed by atoms with Crippen LogP contribution in [-0.4, -0.2) is 23.7 Å². The van der Waals surface area contributed by atoms with Gasteiger partial charge in [-0.25, -0.2) is 4.98 Å². The van der Waals surface area contributed by atoms with Crippen molar-refractivity contribution < 1.29 is 18.3 Å². The molecule has 0 radical (unpaired) electrons. The normalized spacial score (nSPS) is 21.6. The van der Waals surface area contributed by atoms with Gasteiger partial charge in [-0.1, -0.05) is 18.2 Å². The fourth-order valence-electron chi connectivity index (χ4n) is 3.37. The number of fused-ring (bicyclic) bond motifs is 1. The number of hydrogen-bond donors (Lipinski definition) is 1. The number of aromatic nitrogens is 2. The van der Waals surface area contributed by atoms with Crippen LogP contribution in [0.15, 0.2) is 42.5 Å². The molecule has 5 nitrogen and oxygen atoms in total. The number of para-hydroxylation sites is 2. The van der Waals surface area contributed by atoms with Crippen LogP contribution in [0, 0.1) is 11.3 Å². The SMILES string of the molecule is COc1ccc([C@@H]2C[C@@]2(C#N)c2nc3ccccc3[nH]2)cc1OC(F)F. The molecule has 2 aromatic carbocycles. The summed E-state index contributed by atoms with van der Waals surface area (Å²) in [5, 5.41) is 9.80. The molecular weight excluding hydrogens is 340 g/mol. The molecule has 1 heterocycles. The average molecular weight is 355 g/mol. The zero-order valence-corrected chi connectivity index (χ0v) is 13.9. The van der Waals surface area contributed by atoms with E-state index in [4.69, 9.17) is 4.74 Å². The quantitative estimate of drug-likeness (QED) is 0.747. The summed E-state index contributed by atoms with van der Waals surface area (Å²) in [6.45, 7) is -2.95. The molecule has 1 fully saturated rings. The molecule has 26 heavy (non-hydrogen) atoms. The number of hydrogen-bond acceptors (Lipinski definition) is 4. The first-order chi connectivity index (χ1) is 12.6. The van der Waals surface area contributed by atoms with Gasteiger partial charge in [0.05, 0.1) is 24.2 Å². The van der Waals surface area contributed by atoms with Crippen LogP contribution in [0.4, 0.5) is 8.78 Å². The number of aromatic amines is 1. The lowest BCUT2D eigenvalue weighted by molar-refractivity contribution is -0.0512. The van der Waals surface area contributed by atoms with Gasteiger partial charge in [-0.05, 0) is 36.2 Å². The van der Waals surface area contributed by atoms with Crippen molar-refractivity contribution in [3.8, 4) is 17.6 Å². The maximum absolute atomic E-state index is 12.6. The number of H-pyrrole nitrogens is 1. The van der Waals surface area contributed by atoms with Crippen molar-refractivity contribution in [2.45, 2.75) is 24.4 Å². The number of imidazole rings is 1. The van der Waals surface area contributed by atoms with Crippen molar-refractivity contribution in [3.63, 3.8) is 0 Å². The average Bonchev–Trinajstić information content (AvgIpc) is 3.23. The van der Waals surface area contributed by atoms with E-state index in [0.29, 0.717) is 12.2 Å². The van der Waals surface area contributed by atoms with Gasteiger partial charge >= 0.3 is 6.61 Å². The number of ether oxygens (including phenoxy) is 2. The first kappa shape index (κ1) is 16.3. The molecule has 0 saturated heterocycles. The third-order valence-corrected chi connectivity index (χ3v) is 4.78. The van der Waals surface area contributed by atoms with E-state index in [9.17, 15) is 14.0 Å². The van der Waals surface area contributed by atoms with E-state index >= 15 is 0 Å². The van der Waals surface area contributed by atoms with Crippen LogP contribution >= 0.6 is 0 Å². The standard InChI is InChI=1S/C19H15F2N3O2/c1-25-15-7-6-11(8-16(15)26-18(20)21)12-9-19(12,10-22)17-23-13-4-2-3-5-14(13)24-17/h2-8,12,18H,9H2,1H3,(H,23,24)/t12-,19-/m0/s1. The lowest BCUT2D eigenvalue weighted by Gasteiger charge is -2.12. The molecule has 0 aliphatic heterocycles. The predicted octanol–water partition coefficient (Wildman–Crippen LogP) is 4.12. The molecule has 1 saturated carbocycles. The maximum Gasteiger partial charge on any atom is 0.387 e. The van der Waals surface area contributed by atoms with E-state index in [0.717, 1.165) is 16.6 Å². The van der Waals surface area contributed by atoms with Gasteiger partial charge in [-0.2, -0.15) is 14.0 Å². The molecule has 132 valence electrons. The Morgan fingerprint density at radius 3 is 2.77 bits per heavy atom. The molecule has 1 aliphatic carbocycles. The van der Waals surface area contributed by atoms with Crippen LogP contribution in [0.25, 0.3) is 11.0 Å². The molecule has 1 aromatic heterocycles. The predicted molar refractivity (Wildman–Crippen MR) is 90.4 cm³/mol. The number of nitriles is 1. The van der Waals surface area contributed by atoms with Crippen molar-refractivity contribution in [2.24, 2.45) is 0 Å². The molecule has 0 bridgehead atoms. The van der Waals surface area contributed by atoms with Crippen molar-refractivity contribution in [3.05, 3.63) is 53.9 Å². The van der Waals surface area contributed by atoms with E-state index in [-0.39, 0.29) is 17.4 Å². The molecule has 0 unspecified atom stereocenters. The Balaban J connectivity index is 1.70. The molecule has 0 amide bonds. The minimum Gasteiger partial charge on any atom is -0.493 e. The molecule has 4 rings (SSSR count). The number of alkyl halides is 2. The Morgan fingerprint density at radius 2 is 2.08 bits per heavy atom. The Labute approximate surface area is 148 Å². The fraction of sp³-hybridized carbons (Fsp3) is 0.263. The van der Waals surface area contributed by atoms with Gasteiger partial charge in [0.2, 0.25) is 0 Å². The highest BCUT2D eigenvalue weighted by Gasteiger charge is 2.59. The van der Waals surface area contributed by atoms with Crippen molar-refractivity contribution in [1.29, 1.82) is 5.26 Å². The van der Waals surface area contributed by atoms with Crippen LogP contribution in [0.3, 0.4) is 0 Å². The second kappa shape index (κ2) is 5.99. The van der Waals surface area contributed by atoms with E-state index in [1.165, 1.54) is 13.2 Å². The first-order valence-corrected chi connectivity index (χ1v) is 8.06. The van der Waals surface area contributed by atoms with Gasteiger partial charge in [-0.3, -0.25) is 0 Å². The monoisotopic (exact) mass is 355 g/mol. The van der Waals surface area contributed by atoms with Gasteiger partial charge in [0.25, 0.3) is 0 Å². The van der Waals surface area contributed by atoms with E-state index in [1.807, 2.05) is 24.3 Å². The van der Waals surface area contributed by atoms with Crippen LogP contribution in [0.2, 0.25) is 0 Å². The lowest BCUT2D eigenvalue weighted by atomic mass is 9.99. The van der Waals surface area contributed by atoms with Crippen LogP contribution in [0.5, 0.6) is 11.5 Å². The summed E-state index contributed by atoms with van der Waals surface area (Å²) in [5.41, 5.74) is 1.59. The topological polar surface area (TPSA) is 70.9 Å². The molecule has 3 aromatic rings. The molecular formula is C19H15F2N3O2. The molecule has 7 heteroatoms. The number of nitrogens with zero attached hydrogens (tertiary/aromatic N) is 2. The van der Waals surface area contributed by atoms with Crippen LogP contribution < -0.4 is 9.47 Å². The Bertz CT molecular complexity index is 978. The van der Waals surface area contributed by atoms with Gasteiger partial charge in [0.15, 0.2) is 11.5 Å². The highest BCUT2D eigenvalue weighted by Crippen LogP contribution is 2.60. The Kier molecular flexibility index (Phi) is 3.76. The Morgan fingerprint density at radius 1 is 1.27 bits per heavy atom. The van der Waals surface area contributed by atoms with Crippen molar-refractivity contribution in [2.75, 3.05) is 7.11 Å². The first-order valence-electron chi connectivity index (χ1n) is 8.06. The number of halogens is 2. The number of methoxy groups -OCH3 is 1. The van der Waals surface area contributed by atoms with E-state index < -0.39 is 12.0 Å². The van der Waals surface area contributed by atoms with E-state index in [2.05, 4.69) is 20.8 Å². The summed E-state index contributed by atoms with van der Waals surface area (Å²) in [7, 11) is 1.39. The van der Waals surface area contributed by atoms with Gasteiger partial charge in [0, 0.05) is 5.92 Å². The van der Waals surface area contributed by atoms with Crippen molar-refractivity contribution >= 4 is 11.0 Å². The molecule has 1 N–H and O–H groups in total. The van der Waals surface area contributed by atoms with Gasteiger partial charge in [-0.15, -0.1) is 0 Å². The summed E-state index contributed by atoms with van der Waals surface area (Å²) in [4.78, 5) is 7.75.